The fourth-order valence-electron chi connectivity index (χ4n) is 4.88. The number of para-hydroxylation sites is 1. The summed E-state index contributed by atoms with van der Waals surface area (Å²) in [6, 6.07) is 24.0. The van der Waals surface area contributed by atoms with Gasteiger partial charge in [-0.05, 0) is 86.6 Å². The van der Waals surface area contributed by atoms with Gasteiger partial charge >= 0.3 is 0 Å². The Morgan fingerprint density at radius 2 is 1.82 bits per heavy atom. The third-order valence-electron chi connectivity index (χ3n) is 6.64. The van der Waals surface area contributed by atoms with Crippen LogP contribution in [0.5, 0.6) is 0 Å². The molecule has 0 radical (unpaired) electrons. The summed E-state index contributed by atoms with van der Waals surface area (Å²) in [6.07, 6.45) is 0.911. The summed E-state index contributed by atoms with van der Waals surface area (Å²) in [5.74, 6) is -0.0361. The van der Waals surface area contributed by atoms with E-state index < -0.39 is 0 Å². The molecule has 0 saturated heterocycles. The van der Waals surface area contributed by atoms with Crippen LogP contribution in [-0.4, -0.2) is 30.5 Å². The van der Waals surface area contributed by atoms with Crippen LogP contribution in [0.1, 0.15) is 40.8 Å². The van der Waals surface area contributed by atoms with E-state index in [0.717, 1.165) is 40.7 Å². The normalized spacial score (nSPS) is 16.3. The van der Waals surface area contributed by atoms with Gasteiger partial charge in [-0.2, -0.15) is 0 Å². The zero-order valence-corrected chi connectivity index (χ0v) is 19.4. The van der Waals surface area contributed by atoms with Crippen molar-refractivity contribution in [3.63, 3.8) is 0 Å². The maximum atomic E-state index is 13.6. The standard InChI is InChI=1S/C29H29FN2O/c1-19-27(17-22-6-4-5-7-28(22)31-19)21-10-13-25-23(16-21)18-33-29(25)26(14-15-32(2)3)20-8-11-24(30)12-9-20/h4-13,16-17,26,29H,14-15,18H2,1-3H3. The molecule has 0 amide bonds. The van der Waals surface area contributed by atoms with Gasteiger partial charge in [0.1, 0.15) is 5.82 Å². The number of aromatic nitrogens is 1. The van der Waals surface area contributed by atoms with E-state index in [1.165, 1.54) is 16.7 Å². The second-order valence-electron chi connectivity index (χ2n) is 9.21. The van der Waals surface area contributed by atoms with Crippen LogP contribution < -0.4 is 0 Å². The van der Waals surface area contributed by atoms with Gasteiger partial charge in [-0.15, -0.1) is 0 Å². The molecule has 1 aromatic heterocycles. The molecule has 1 aliphatic rings. The SMILES string of the molecule is Cc1nc2ccccc2cc1-c1ccc2c(c1)COC2C(CCN(C)C)c1ccc(F)cc1. The molecule has 33 heavy (non-hydrogen) atoms. The van der Waals surface area contributed by atoms with Crippen molar-refractivity contribution in [3.8, 4) is 11.1 Å². The summed E-state index contributed by atoms with van der Waals surface area (Å²) < 4.78 is 19.9. The van der Waals surface area contributed by atoms with Gasteiger partial charge in [0, 0.05) is 22.6 Å². The number of hydrogen-bond acceptors (Lipinski definition) is 3. The van der Waals surface area contributed by atoms with Gasteiger partial charge in [0.2, 0.25) is 0 Å². The second-order valence-corrected chi connectivity index (χ2v) is 9.21. The Kier molecular flexibility index (Phi) is 5.96. The van der Waals surface area contributed by atoms with Gasteiger partial charge in [-0.25, -0.2) is 4.39 Å². The van der Waals surface area contributed by atoms with Crippen LogP contribution in [0.3, 0.4) is 0 Å². The molecule has 3 nitrogen and oxygen atoms in total. The molecule has 0 spiro atoms. The van der Waals surface area contributed by atoms with Crippen LogP contribution in [0.2, 0.25) is 0 Å². The van der Waals surface area contributed by atoms with Crippen molar-refractivity contribution in [1.29, 1.82) is 0 Å². The molecule has 3 aromatic carbocycles. The lowest BCUT2D eigenvalue weighted by atomic mass is 9.85. The highest BCUT2D eigenvalue weighted by Crippen LogP contribution is 2.44. The summed E-state index contributed by atoms with van der Waals surface area (Å²) in [4.78, 5) is 7.00. The number of hydrogen-bond donors (Lipinski definition) is 0. The van der Waals surface area contributed by atoms with Crippen molar-refractivity contribution in [3.05, 3.63) is 101 Å². The Hall–Kier alpha value is -3.08. The van der Waals surface area contributed by atoms with E-state index >= 15 is 0 Å². The molecule has 168 valence electrons. The third kappa shape index (κ3) is 4.41. The molecular weight excluding hydrogens is 411 g/mol. The zero-order chi connectivity index (χ0) is 22.9. The molecule has 2 atom stereocenters. The number of pyridine rings is 1. The van der Waals surface area contributed by atoms with E-state index in [2.05, 4.69) is 62.3 Å². The maximum Gasteiger partial charge on any atom is 0.123 e. The Labute approximate surface area is 194 Å². The largest absolute Gasteiger partial charge is 0.368 e. The van der Waals surface area contributed by atoms with Crippen LogP contribution in [-0.2, 0) is 11.3 Å². The fraction of sp³-hybridized carbons (Fsp3) is 0.276. The molecule has 0 N–H and O–H groups in total. The summed E-state index contributed by atoms with van der Waals surface area (Å²) in [5, 5.41) is 1.15. The number of rotatable bonds is 6. The van der Waals surface area contributed by atoms with E-state index in [0.29, 0.717) is 6.61 Å². The monoisotopic (exact) mass is 440 g/mol. The zero-order valence-electron chi connectivity index (χ0n) is 19.4. The van der Waals surface area contributed by atoms with E-state index in [1.54, 1.807) is 12.1 Å². The van der Waals surface area contributed by atoms with Crippen molar-refractivity contribution in [2.45, 2.75) is 32.0 Å². The van der Waals surface area contributed by atoms with Crippen LogP contribution in [0.25, 0.3) is 22.0 Å². The molecule has 1 aliphatic heterocycles. The first kappa shape index (κ1) is 21.7. The van der Waals surface area contributed by atoms with Gasteiger partial charge < -0.3 is 9.64 Å². The highest BCUT2D eigenvalue weighted by molar-refractivity contribution is 5.85. The fourth-order valence-corrected chi connectivity index (χ4v) is 4.88. The molecule has 0 saturated carbocycles. The van der Waals surface area contributed by atoms with Crippen LogP contribution >= 0.6 is 0 Å². The molecule has 0 aliphatic carbocycles. The lowest BCUT2D eigenvalue weighted by Crippen LogP contribution is -2.19. The Morgan fingerprint density at radius 1 is 1.03 bits per heavy atom. The first-order valence-electron chi connectivity index (χ1n) is 11.5. The number of benzene rings is 3. The van der Waals surface area contributed by atoms with Crippen LogP contribution in [0, 0.1) is 12.7 Å². The molecule has 0 bridgehead atoms. The minimum atomic E-state index is -0.207. The number of ether oxygens (including phenoxy) is 1. The molecule has 2 unspecified atom stereocenters. The molecule has 4 heteroatoms. The Balaban J connectivity index is 1.49. The lowest BCUT2D eigenvalue weighted by molar-refractivity contribution is 0.0420. The average molecular weight is 441 g/mol. The maximum absolute atomic E-state index is 13.6. The Morgan fingerprint density at radius 3 is 2.61 bits per heavy atom. The van der Waals surface area contributed by atoms with Crippen molar-refractivity contribution in [2.75, 3.05) is 20.6 Å². The summed E-state index contributed by atoms with van der Waals surface area (Å²) in [5.41, 5.74) is 7.95. The van der Waals surface area contributed by atoms with E-state index in [4.69, 9.17) is 9.72 Å². The average Bonchev–Trinajstić information content (AvgIpc) is 3.23. The number of halogens is 1. The van der Waals surface area contributed by atoms with Crippen molar-refractivity contribution in [1.82, 2.24) is 9.88 Å². The minimum Gasteiger partial charge on any atom is -0.368 e. The van der Waals surface area contributed by atoms with Gasteiger partial charge in [0.05, 0.1) is 18.2 Å². The summed E-state index contributed by atoms with van der Waals surface area (Å²) >= 11 is 0. The number of nitrogens with zero attached hydrogens (tertiary/aromatic N) is 2. The first-order chi connectivity index (χ1) is 16.0. The molecule has 4 aromatic rings. The second kappa shape index (κ2) is 9.05. The van der Waals surface area contributed by atoms with E-state index in [9.17, 15) is 4.39 Å². The van der Waals surface area contributed by atoms with Crippen molar-refractivity contribution < 1.29 is 9.13 Å². The van der Waals surface area contributed by atoms with Crippen LogP contribution in [0.15, 0.2) is 72.8 Å². The van der Waals surface area contributed by atoms with Crippen LogP contribution in [0.4, 0.5) is 4.39 Å². The van der Waals surface area contributed by atoms with E-state index in [1.807, 2.05) is 24.3 Å². The summed E-state index contributed by atoms with van der Waals surface area (Å²) in [7, 11) is 4.16. The third-order valence-corrected chi connectivity index (χ3v) is 6.64. The lowest BCUT2D eigenvalue weighted by Gasteiger charge is -2.26. The highest BCUT2D eigenvalue weighted by Gasteiger charge is 2.32. The molecule has 5 rings (SSSR count). The van der Waals surface area contributed by atoms with Gasteiger partial charge in [0.15, 0.2) is 0 Å². The molecule has 2 heterocycles. The topological polar surface area (TPSA) is 25.4 Å². The van der Waals surface area contributed by atoms with Crippen molar-refractivity contribution >= 4 is 10.9 Å². The predicted molar refractivity (Wildman–Crippen MR) is 132 cm³/mol. The highest BCUT2D eigenvalue weighted by atomic mass is 19.1. The van der Waals surface area contributed by atoms with Gasteiger partial charge in [-0.1, -0.05) is 42.5 Å². The van der Waals surface area contributed by atoms with Crippen molar-refractivity contribution in [2.24, 2.45) is 0 Å². The molecular formula is C29H29FN2O. The summed E-state index contributed by atoms with van der Waals surface area (Å²) in [6.45, 7) is 3.60. The predicted octanol–water partition coefficient (Wildman–Crippen LogP) is 6.66. The molecule has 0 fully saturated rings. The Bertz CT molecular complexity index is 1280. The smallest absolute Gasteiger partial charge is 0.123 e. The van der Waals surface area contributed by atoms with Gasteiger partial charge in [-0.3, -0.25) is 4.98 Å². The quantitative estimate of drug-likeness (QED) is 0.335. The van der Waals surface area contributed by atoms with Gasteiger partial charge in [0.25, 0.3) is 0 Å². The first-order valence-corrected chi connectivity index (χ1v) is 11.5. The minimum absolute atomic E-state index is 0.0321. The number of fused-ring (bicyclic) bond motifs is 2. The van der Waals surface area contributed by atoms with E-state index in [-0.39, 0.29) is 17.8 Å². The number of aryl methyl sites for hydroxylation is 1.